The fourth-order valence-corrected chi connectivity index (χ4v) is 2.48. The Labute approximate surface area is 143 Å². The van der Waals surface area contributed by atoms with Gasteiger partial charge in [0.2, 0.25) is 0 Å². The number of nitrogens with zero attached hydrogens (tertiary/aromatic N) is 2. The molecule has 0 bridgehead atoms. The second kappa shape index (κ2) is 7.81. The molecule has 0 atom stereocenters. The summed E-state index contributed by atoms with van der Waals surface area (Å²) in [5.74, 6) is 0.427. The zero-order valence-corrected chi connectivity index (χ0v) is 15.0. The first-order valence-corrected chi connectivity index (χ1v) is 8.09. The number of carbonyl (C=O) groups is 1. The first kappa shape index (κ1) is 17.8. The SMILES string of the molecule is CCc1cc(C)cc(OCC(=O)N/N=C/c2cc(C)n(C)c2C)c1. The molecule has 0 spiro atoms. The van der Waals surface area contributed by atoms with Crippen LogP contribution in [0.15, 0.2) is 29.4 Å². The summed E-state index contributed by atoms with van der Waals surface area (Å²) in [5.41, 5.74) is 8.05. The summed E-state index contributed by atoms with van der Waals surface area (Å²) in [6, 6.07) is 8.02. The summed E-state index contributed by atoms with van der Waals surface area (Å²) in [4.78, 5) is 11.8. The fraction of sp³-hybridized carbons (Fsp3) is 0.368. The van der Waals surface area contributed by atoms with Gasteiger partial charge in [-0.15, -0.1) is 0 Å². The number of hydrazone groups is 1. The smallest absolute Gasteiger partial charge is 0.277 e. The molecule has 128 valence electrons. The third kappa shape index (κ3) is 4.47. The van der Waals surface area contributed by atoms with Crippen LogP contribution in [0.3, 0.4) is 0 Å². The number of ether oxygens (including phenoxy) is 1. The molecule has 0 radical (unpaired) electrons. The van der Waals surface area contributed by atoms with Crippen molar-refractivity contribution in [3.63, 3.8) is 0 Å². The summed E-state index contributed by atoms with van der Waals surface area (Å²) >= 11 is 0. The molecular formula is C19H25N3O2. The van der Waals surface area contributed by atoms with Gasteiger partial charge in [-0.25, -0.2) is 5.43 Å². The molecule has 5 heteroatoms. The largest absolute Gasteiger partial charge is 0.484 e. The van der Waals surface area contributed by atoms with Gasteiger partial charge < -0.3 is 9.30 Å². The standard InChI is InChI=1S/C19H25N3O2/c1-6-16-7-13(2)8-18(10-16)24-12-19(23)21-20-11-17-9-14(3)22(5)15(17)4/h7-11H,6,12H2,1-5H3,(H,21,23)/b20-11+. The van der Waals surface area contributed by atoms with Gasteiger partial charge in [-0.3, -0.25) is 4.79 Å². The Morgan fingerprint density at radius 2 is 2.00 bits per heavy atom. The maximum atomic E-state index is 11.8. The molecule has 5 nitrogen and oxygen atoms in total. The third-order valence-corrected chi connectivity index (χ3v) is 4.10. The monoisotopic (exact) mass is 327 g/mol. The van der Waals surface area contributed by atoms with E-state index in [1.165, 1.54) is 5.56 Å². The minimum Gasteiger partial charge on any atom is -0.484 e. The first-order chi connectivity index (χ1) is 11.4. The lowest BCUT2D eigenvalue weighted by Crippen LogP contribution is -2.24. The Morgan fingerprint density at radius 1 is 1.25 bits per heavy atom. The molecule has 2 aromatic rings. The predicted octanol–water partition coefficient (Wildman–Crippen LogP) is 3.04. The summed E-state index contributed by atoms with van der Waals surface area (Å²) < 4.78 is 7.63. The van der Waals surface area contributed by atoms with E-state index in [1.54, 1.807) is 6.21 Å². The molecule has 0 aliphatic carbocycles. The molecule has 0 aliphatic heterocycles. The van der Waals surface area contributed by atoms with Crippen LogP contribution in [0.4, 0.5) is 0 Å². The molecule has 1 N–H and O–H groups in total. The zero-order valence-electron chi connectivity index (χ0n) is 15.0. The van der Waals surface area contributed by atoms with E-state index in [0.29, 0.717) is 5.75 Å². The Balaban J connectivity index is 1.88. The molecule has 24 heavy (non-hydrogen) atoms. The van der Waals surface area contributed by atoms with E-state index in [1.807, 2.05) is 46.0 Å². The number of aryl methyl sites for hydroxylation is 3. The molecule has 0 fully saturated rings. The van der Waals surface area contributed by atoms with E-state index in [-0.39, 0.29) is 12.5 Å². The average molecular weight is 327 g/mol. The minimum atomic E-state index is -0.281. The lowest BCUT2D eigenvalue weighted by atomic mass is 10.1. The van der Waals surface area contributed by atoms with Gasteiger partial charge in [0.15, 0.2) is 6.61 Å². The molecule has 0 saturated heterocycles. The Morgan fingerprint density at radius 3 is 2.62 bits per heavy atom. The summed E-state index contributed by atoms with van der Waals surface area (Å²) in [5, 5.41) is 4.00. The van der Waals surface area contributed by atoms with E-state index in [4.69, 9.17) is 4.74 Å². The quantitative estimate of drug-likeness (QED) is 0.655. The minimum absolute atomic E-state index is 0.0588. The number of hydrogen-bond acceptors (Lipinski definition) is 3. The van der Waals surface area contributed by atoms with Crippen molar-refractivity contribution in [3.05, 3.63) is 52.3 Å². The zero-order chi connectivity index (χ0) is 17.7. The van der Waals surface area contributed by atoms with Crippen LogP contribution in [0.1, 0.15) is 35.0 Å². The van der Waals surface area contributed by atoms with Gasteiger partial charge in [0.25, 0.3) is 5.91 Å². The second-order valence-corrected chi connectivity index (χ2v) is 5.98. The van der Waals surface area contributed by atoms with Crippen LogP contribution in [0.5, 0.6) is 5.75 Å². The van der Waals surface area contributed by atoms with Crippen LogP contribution in [0.2, 0.25) is 0 Å². The first-order valence-electron chi connectivity index (χ1n) is 8.09. The van der Waals surface area contributed by atoms with Crippen LogP contribution in [-0.4, -0.2) is 23.3 Å². The molecule has 1 heterocycles. The number of aromatic nitrogens is 1. The molecule has 2 rings (SSSR count). The number of amides is 1. The van der Waals surface area contributed by atoms with Crippen LogP contribution < -0.4 is 10.2 Å². The van der Waals surface area contributed by atoms with Crippen LogP contribution in [-0.2, 0) is 18.3 Å². The maximum Gasteiger partial charge on any atom is 0.277 e. The van der Waals surface area contributed by atoms with Gasteiger partial charge in [0.05, 0.1) is 6.21 Å². The van der Waals surface area contributed by atoms with Crippen molar-refractivity contribution in [3.8, 4) is 5.75 Å². The maximum absolute atomic E-state index is 11.8. The lowest BCUT2D eigenvalue weighted by Gasteiger charge is -2.08. The van der Waals surface area contributed by atoms with E-state index in [0.717, 1.165) is 28.9 Å². The number of hydrogen-bond donors (Lipinski definition) is 1. The second-order valence-electron chi connectivity index (χ2n) is 5.98. The van der Waals surface area contributed by atoms with E-state index >= 15 is 0 Å². The third-order valence-electron chi connectivity index (χ3n) is 4.10. The Bertz CT molecular complexity index is 760. The summed E-state index contributed by atoms with van der Waals surface area (Å²) in [6.07, 6.45) is 2.59. The number of rotatable bonds is 6. The van der Waals surface area contributed by atoms with Crippen molar-refractivity contribution in [2.75, 3.05) is 6.61 Å². The highest BCUT2D eigenvalue weighted by molar-refractivity contribution is 5.84. The highest BCUT2D eigenvalue weighted by atomic mass is 16.5. The predicted molar refractivity (Wildman–Crippen MR) is 96.7 cm³/mol. The average Bonchev–Trinajstić information content (AvgIpc) is 2.79. The van der Waals surface area contributed by atoms with Crippen molar-refractivity contribution >= 4 is 12.1 Å². The molecule has 1 aromatic carbocycles. The summed E-state index contributed by atoms with van der Waals surface area (Å²) in [6.45, 7) is 8.09. The highest BCUT2D eigenvalue weighted by Gasteiger charge is 2.05. The molecule has 1 aromatic heterocycles. The highest BCUT2D eigenvalue weighted by Crippen LogP contribution is 2.17. The van der Waals surface area contributed by atoms with Crippen molar-refractivity contribution in [2.24, 2.45) is 12.1 Å². The van der Waals surface area contributed by atoms with Crippen molar-refractivity contribution in [2.45, 2.75) is 34.1 Å². The normalized spacial score (nSPS) is 11.0. The number of carbonyl (C=O) groups excluding carboxylic acids is 1. The van der Waals surface area contributed by atoms with Crippen LogP contribution >= 0.6 is 0 Å². The van der Waals surface area contributed by atoms with E-state index in [2.05, 4.69) is 28.1 Å². The topological polar surface area (TPSA) is 55.6 Å². The fourth-order valence-electron chi connectivity index (χ4n) is 2.48. The lowest BCUT2D eigenvalue weighted by molar-refractivity contribution is -0.123. The van der Waals surface area contributed by atoms with Crippen molar-refractivity contribution in [1.29, 1.82) is 0 Å². The van der Waals surface area contributed by atoms with Crippen LogP contribution in [0.25, 0.3) is 0 Å². The molecule has 0 unspecified atom stereocenters. The van der Waals surface area contributed by atoms with Crippen molar-refractivity contribution < 1.29 is 9.53 Å². The molecule has 1 amide bonds. The molecule has 0 saturated carbocycles. The number of benzene rings is 1. The van der Waals surface area contributed by atoms with E-state index < -0.39 is 0 Å². The van der Waals surface area contributed by atoms with Gasteiger partial charge in [0.1, 0.15) is 5.75 Å². The van der Waals surface area contributed by atoms with Gasteiger partial charge in [0, 0.05) is 24.0 Å². The van der Waals surface area contributed by atoms with Gasteiger partial charge in [-0.1, -0.05) is 13.0 Å². The molecule has 0 aliphatic rings. The van der Waals surface area contributed by atoms with Crippen molar-refractivity contribution in [1.82, 2.24) is 9.99 Å². The Kier molecular flexibility index (Phi) is 5.79. The van der Waals surface area contributed by atoms with E-state index in [9.17, 15) is 4.79 Å². The van der Waals surface area contributed by atoms with Gasteiger partial charge in [-0.05, 0) is 56.5 Å². The summed E-state index contributed by atoms with van der Waals surface area (Å²) in [7, 11) is 2.00. The van der Waals surface area contributed by atoms with Gasteiger partial charge in [-0.2, -0.15) is 5.10 Å². The Hall–Kier alpha value is -2.56. The van der Waals surface area contributed by atoms with Crippen LogP contribution in [0, 0.1) is 20.8 Å². The number of nitrogens with one attached hydrogen (secondary N) is 1. The molecular weight excluding hydrogens is 302 g/mol. The van der Waals surface area contributed by atoms with Gasteiger partial charge >= 0.3 is 0 Å².